The van der Waals surface area contributed by atoms with E-state index in [1.165, 1.54) is 12.1 Å². The molecule has 1 aliphatic heterocycles. The van der Waals surface area contributed by atoms with Crippen LogP contribution in [0.5, 0.6) is 0 Å². The standard InChI is InChI=1S/C22H23FN2O2/c1-3-13-24(14-16-9-11-18(23)12-10-16)22(27)20(4-2)25-15-17-7-5-6-8-19(17)21(25)26/h3,5-12,20H,1,4,13-15H2,2H3. The lowest BCUT2D eigenvalue weighted by Crippen LogP contribution is -2.48. The van der Waals surface area contributed by atoms with Crippen LogP contribution in [0.15, 0.2) is 61.2 Å². The Hall–Kier alpha value is -2.95. The van der Waals surface area contributed by atoms with E-state index in [4.69, 9.17) is 0 Å². The molecule has 3 rings (SSSR count). The van der Waals surface area contributed by atoms with E-state index in [9.17, 15) is 14.0 Å². The molecule has 0 bridgehead atoms. The van der Waals surface area contributed by atoms with Gasteiger partial charge in [-0.1, -0.05) is 43.3 Å². The number of nitrogens with zero attached hydrogens (tertiary/aromatic N) is 2. The number of fused-ring (bicyclic) bond motifs is 1. The summed E-state index contributed by atoms with van der Waals surface area (Å²) in [6.45, 7) is 6.79. The van der Waals surface area contributed by atoms with Gasteiger partial charge in [-0.3, -0.25) is 9.59 Å². The molecule has 0 radical (unpaired) electrons. The van der Waals surface area contributed by atoms with Crippen molar-refractivity contribution in [2.24, 2.45) is 0 Å². The van der Waals surface area contributed by atoms with Crippen LogP contribution >= 0.6 is 0 Å². The van der Waals surface area contributed by atoms with Gasteiger partial charge < -0.3 is 9.80 Å². The Bertz CT molecular complexity index is 848. The summed E-state index contributed by atoms with van der Waals surface area (Å²) in [6, 6.07) is 13.0. The summed E-state index contributed by atoms with van der Waals surface area (Å²) >= 11 is 0. The number of carbonyl (C=O) groups excluding carboxylic acids is 2. The summed E-state index contributed by atoms with van der Waals surface area (Å²) in [6.07, 6.45) is 2.18. The van der Waals surface area contributed by atoms with Gasteiger partial charge in [-0.05, 0) is 35.7 Å². The van der Waals surface area contributed by atoms with Crippen molar-refractivity contribution in [1.82, 2.24) is 9.80 Å². The largest absolute Gasteiger partial charge is 0.333 e. The van der Waals surface area contributed by atoms with Gasteiger partial charge in [0.15, 0.2) is 0 Å². The molecule has 0 saturated heterocycles. The summed E-state index contributed by atoms with van der Waals surface area (Å²) in [5.74, 6) is -0.541. The first-order chi connectivity index (χ1) is 13.0. The van der Waals surface area contributed by atoms with Crippen molar-refractivity contribution in [1.29, 1.82) is 0 Å². The molecule has 2 amide bonds. The van der Waals surface area contributed by atoms with E-state index in [2.05, 4.69) is 6.58 Å². The fourth-order valence-electron chi connectivity index (χ4n) is 3.47. The Morgan fingerprint density at radius 3 is 2.59 bits per heavy atom. The average molecular weight is 366 g/mol. The predicted octanol–water partition coefficient (Wildman–Crippen LogP) is 3.77. The molecule has 0 fully saturated rings. The van der Waals surface area contributed by atoms with Gasteiger partial charge in [0.1, 0.15) is 11.9 Å². The fourth-order valence-corrected chi connectivity index (χ4v) is 3.47. The number of halogens is 1. The molecular formula is C22H23FN2O2. The van der Waals surface area contributed by atoms with Crippen molar-refractivity contribution in [2.75, 3.05) is 6.54 Å². The molecule has 0 aromatic heterocycles. The van der Waals surface area contributed by atoms with Crippen LogP contribution in [0.1, 0.15) is 34.8 Å². The number of hydrogen-bond donors (Lipinski definition) is 0. The highest BCUT2D eigenvalue weighted by atomic mass is 19.1. The molecule has 2 aromatic rings. The Morgan fingerprint density at radius 1 is 1.26 bits per heavy atom. The van der Waals surface area contributed by atoms with E-state index in [0.29, 0.717) is 31.6 Å². The minimum atomic E-state index is -0.537. The van der Waals surface area contributed by atoms with Crippen LogP contribution in [0.25, 0.3) is 0 Å². The van der Waals surface area contributed by atoms with Gasteiger partial charge in [0.25, 0.3) is 5.91 Å². The van der Waals surface area contributed by atoms with Crippen LogP contribution in [-0.4, -0.2) is 34.2 Å². The Balaban J connectivity index is 1.80. The first-order valence-corrected chi connectivity index (χ1v) is 9.08. The van der Waals surface area contributed by atoms with Crippen molar-refractivity contribution in [3.05, 3.63) is 83.7 Å². The summed E-state index contributed by atoms with van der Waals surface area (Å²) in [7, 11) is 0. The van der Waals surface area contributed by atoms with Crippen molar-refractivity contribution < 1.29 is 14.0 Å². The molecule has 5 heteroatoms. The highest BCUT2D eigenvalue weighted by Gasteiger charge is 2.36. The summed E-state index contributed by atoms with van der Waals surface area (Å²) in [5.41, 5.74) is 2.44. The molecule has 0 saturated carbocycles. The normalized spacial score (nSPS) is 14.0. The molecule has 0 spiro atoms. The number of amides is 2. The maximum atomic E-state index is 13.2. The summed E-state index contributed by atoms with van der Waals surface area (Å²) in [5, 5.41) is 0. The number of carbonyl (C=O) groups is 2. The Labute approximate surface area is 158 Å². The molecule has 0 N–H and O–H groups in total. The third-order valence-corrected chi connectivity index (χ3v) is 4.85. The van der Waals surface area contributed by atoms with E-state index in [1.807, 2.05) is 25.1 Å². The lowest BCUT2D eigenvalue weighted by atomic mass is 10.1. The summed E-state index contributed by atoms with van der Waals surface area (Å²) in [4.78, 5) is 29.3. The average Bonchev–Trinajstić information content (AvgIpc) is 3.00. The monoisotopic (exact) mass is 366 g/mol. The van der Waals surface area contributed by atoms with Crippen LogP contribution in [0.4, 0.5) is 4.39 Å². The molecule has 1 aliphatic rings. The first kappa shape index (κ1) is 18.8. The lowest BCUT2D eigenvalue weighted by molar-refractivity contribution is -0.136. The topological polar surface area (TPSA) is 40.6 Å². The minimum absolute atomic E-state index is 0.105. The highest BCUT2D eigenvalue weighted by molar-refractivity contribution is 6.01. The van der Waals surface area contributed by atoms with E-state index in [-0.39, 0.29) is 17.6 Å². The van der Waals surface area contributed by atoms with E-state index >= 15 is 0 Å². The molecule has 1 atom stereocenters. The van der Waals surface area contributed by atoms with Gasteiger partial charge in [0, 0.05) is 25.2 Å². The van der Waals surface area contributed by atoms with Crippen LogP contribution in [0, 0.1) is 5.82 Å². The highest BCUT2D eigenvalue weighted by Crippen LogP contribution is 2.26. The van der Waals surface area contributed by atoms with Crippen LogP contribution < -0.4 is 0 Å². The fraction of sp³-hybridized carbons (Fsp3) is 0.273. The molecule has 27 heavy (non-hydrogen) atoms. The van der Waals surface area contributed by atoms with E-state index in [1.54, 1.807) is 34.1 Å². The van der Waals surface area contributed by atoms with Gasteiger partial charge in [0.05, 0.1) is 0 Å². The SMILES string of the molecule is C=CCN(Cc1ccc(F)cc1)C(=O)C(CC)N1Cc2ccccc2C1=O. The van der Waals surface area contributed by atoms with Gasteiger partial charge in [-0.2, -0.15) is 0 Å². The lowest BCUT2D eigenvalue weighted by Gasteiger charge is -2.31. The zero-order chi connectivity index (χ0) is 19.4. The predicted molar refractivity (Wildman–Crippen MR) is 102 cm³/mol. The summed E-state index contributed by atoms with van der Waals surface area (Å²) < 4.78 is 13.2. The van der Waals surface area contributed by atoms with Gasteiger partial charge in [-0.15, -0.1) is 6.58 Å². The van der Waals surface area contributed by atoms with Gasteiger partial charge in [-0.25, -0.2) is 4.39 Å². The van der Waals surface area contributed by atoms with Crippen LogP contribution in [0.2, 0.25) is 0 Å². The smallest absolute Gasteiger partial charge is 0.255 e. The second kappa shape index (κ2) is 8.16. The molecule has 2 aromatic carbocycles. The zero-order valence-electron chi connectivity index (χ0n) is 15.4. The van der Waals surface area contributed by atoms with E-state index in [0.717, 1.165) is 11.1 Å². The van der Waals surface area contributed by atoms with Crippen molar-refractivity contribution in [2.45, 2.75) is 32.5 Å². The maximum absolute atomic E-state index is 13.2. The molecular weight excluding hydrogens is 343 g/mol. The molecule has 1 unspecified atom stereocenters. The maximum Gasteiger partial charge on any atom is 0.255 e. The van der Waals surface area contributed by atoms with Gasteiger partial charge >= 0.3 is 0 Å². The number of hydrogen-bond acceptors (Lipinski definition) is 2. The third kappa shape index (κ3) is 3.92. The van der Waals surface area contributed by atoms with Crippen LogP contribution in [0.3, 0.4) is 0 Å². The Morgan fingerprint density at radius 2 is 1.96 bits per heavy atom. The van der Waals surface area contributed by atoms with Gasteiger partial charge in [0.2, 0.25) is 5.91 Å². The second-order valence-electron chi connectivity index (χ2n) is 6.65. The number of rotatable bonds is 7. The zero-order valence-corrected chi connectivity index (χ0v) is 15.4. The molecule has 1 heterocycles. The minimum Gasteiger partial charge on any atom is -0.333 e. The molecule has 140 valence electrons. The quantitative estimate of drug-likeness (QED) is 0.700. The van der Waals surface area contributed by atoms with Crippen molar-refractivity contribution >= 4 is 11.8 Å². The van der Waals surface area contributed by atoms with Crippen molar-refractivity contribution in [3.8, 4) is 0 Å². The molecule has 0 aliphatic carbocycles. The first-order valence-electron chi connectivity index (χ1n) is 9.08. The third-order valence-electron chi connectivity index (χ3n) is 4.85. The molecule has 4 nitrogen and oxygen atoms in total. The Kier molecular flexibility index (Phi) is 5.69. The second-order valence-corrected chi connectivity index (χ2v) is 6.65. The van der Waals surface area contributed by atoms with Crippen LogP contribution in [-0.2, 0) is 17.9 Å². The van der Waals surface area contributed by atoms with E-state index < -0.39 is 6.04 Å². The number of benzene rings is 2. The van der Waals surface area contributed by atoms with Crippen molar-refractivity contribution in [3.63, 3.8) is 0 Å².